The molecular weight excluding hydrogens is 202 g/mol. The summed E-state index contributed by atoms with van der Waals surface area (Å²) in [6.07, 6.45) is 0.572. The molecule has 0 saturated heterocycles. The Hall–Kier alpha value is -1.06. The Morgan fingerprint density at radius 1 is 1.38 bits per heavy atom. The molecule has 0 aromatic heterocycles. The van der Waals surface area contributed by atoms with Crippen molar-refractivity contribution in [1.82, 2.24) is 0 Å². The fourth-order valence-electron chi connectivity index (χ4n) is 1.86. The lowest BCUT2D eigenvalue weighted by Gasteiger charge is -2.28. The van der Waals surface area contributed by atoms with Gasteiger partial charge in [0, 0.05) is 12.1 Å². The van der Waals surface area contributed by atoms with Gasteiger partial charge in [0.15, 0.2) is 0 Å². The number of rotatable bonds is 4. The molecule has 3 heteroatoms. The van der Waals surface area contributed by atoms with Crippen LogP contribution in [-0.2, 0) is 5.60 Å². The summed E-state index contributed by atoms with van der Waals surface area (Å²) < 4.78 is 5.39. The molecule has 0 aliphatic carbocycles. The Morgan fingerprint density at radius 2 is 2.00 bits per heavy atom. The van der Waals surface area contributed by atoms with Crippen LogP contribution in [0, 0.1) is 13.8 Å². The molecule has 0 saturated carbocycles. The van der Waals surface area contributed by atoms with E-state index in [9.17, 15) is 5.11 Å². The standard InChI is InChI=1S/C13H21NO2/c1-5-13(15,8-14)11-7-6-9(2)10(3)12(11)16-4/h6-7,15H,5,8,14H2,1-4H3. The van der Waals surface area contributed by atoms with Crippen LogP contribution in [0.5, 0.6) is 5.75 Å². The Kier molecular flexibility index (Phi) is 3.94. The van der Waals surface area contributed by atoms with Crippen LogP contribution in [0.3, 0.4) is 0 Å². The Bertz CT molecular complexity index is 370. The van der Waals surface area contributed by atoms with Crippen molar-refractivity contribution >= 4 is 0 Å². The van der Waals surface area contributed by atoms with Gasteiger partial charge in [-0.05, 0) is 31.4 Å². The molecule has 90 valence electrons. The van der Waals surface area contributed by atoms with Gasteiger partial charge in [0.25, 0.3) is 0 Å². The van der Waals surface area contributed by atoms with E-state index in [2.05, 4.69) is 0 Å². The van der Waals surface area contributed by atoms with Crippen LogP contribution in [0.4, 0.5) is 0 Å². The van der Waals surface area contributed by atoms with Crippen molar-refractivity contribution < 1.29 is 9.84 Å². The molecule has 0 bridgehead atoms. The van der Waals surface area contributed by atoms with E-state index in [0.29, 0.717) is 6.42 Å². The lowest BCUT2D eigenvalue weighted by Crippen LogP contribution is -2.34. The van der Waals surface area contributed by atoms with E-state index in [1.54, 1.807) is 7.11 Å². The summed E-state index contributed by atoms with van der Waals surface area (Å²) >= 11 is 0. The number of methoxy groups -OCH3 is 1. The third-order valence-electron chi connectivity index (χ3n) is 3.30. The molecule has 1 unspecified atom stereocenters. The molecular formula is C13H21NO2. The van der Waals surface area contributed by atoms with Crippen LogP contribution in [0.15, 0.2) is 12.1 Å². The van der Waals surface area contributed by atoms with E-state index >= 15 is 0 Å². The van der Waals surface area contributed by atoms with Crippen LogP contribution in [0.1, 0.15) is 30.0 Å². The average Bonchev–Trinajstić information content (AvgIpc) is 2.31. The highest BCUT2D eigenvalue weighted by Crippen LogP contribution is 2.35. The van der Waals surface area contributed by atoms with Crippen molar-refractivity contribution in [2.24, 2.45) is 5.73 Å². The van der Waals surface area contributed by atoms with Crippen LogP contribution >= 0.6 is 0 Å². The normalized spacial score (nSPS) is 14.6. The summed E-state index contributed by atoms with van der Waals surface area (Å²) in [7, 11) is 1.62. The van der Waals surface area contributed by atoms with Gasteiger partial charge < -0.3 is 15.6 Å². The summed E-state index contributed by atoms with van der Waals surface area (Å²) in [5.41, 5.74) is 7.65. The Morgan fingerprint density at radius 3 is 2.44 bits per heavy atom. The maximum Gasteiger partial charge on any atom is 0.128 e. The van der Waals surface area contributed by atoms with E-state index in [1.165, 1.54) is 0 Å². The molecule has 0 aliphatic heterocycles. The summed E-state index contributed by atoms with van der Waals surface area (Å²) in [5, 5.41) is 10.4. The molecule has 0 fully saturated rings. The quantitative estimate of drug-likeness (QED) is 0.819. The summed E-state index contributed by atoms with van der Waals surface area (Å²) in [5.74, 6) is 0.745. The van der Waals surface area contributed by atoms with Gasteiger partial charge in [0.2, 0.25) is 0 Å². The van der Waals surface area contributed by atoms with Gasteiger partial charge in [-0.25, -0.2) is 0 Å². The molecule has 16 heavy (non-hydrogen) atoms. The predicted molar refractivity (Wildman–Crippen MR) is 65.7 cm³/mol. The molecule has 0 amide bonds. The number of benzene rings is 1. The van der Waals surface area contributed by atoms with Crippen molar-refractivity contribution in [3.05, 3.63) is 28.8 Å². The second-order valence-electron chi connectivity index (χ2n) is 4.18. The van der Waals surface area contributed by atoms with E-state index in [4.69, 9.17) is 10.5 Å². The molecule has 1 rings (SSSR count). The first-order chi connectivity index (χ1) is 7.50. The lowest BCUT2D eigenvalue weighted by molar-refractivity contribution is 0.0393. The van der Waals surface area contributed by atoms with E-state index < -0.39 is 5.60 Å². The number of aryl methyl sites for hydroxylation is 1. The van der Waals surface area contributed by atoms with Gasteiger partial charge in [0.05, 0.1) is 7.11 Å². The molecule has 0 heterocycles. The van der Waals surface area contributed by atoms with Crippen LogP contribution in [0.2, 0.25) is 0 Å². The molecule has 1 aromatic carbocycles. The summed E-state index contributed by atoms with van der Waals surface area (Å²) in [6, 6.07) is 3.89. The highest BCUT2D eigenvalue weighted by Gasteiger charge is 2.29. The van der Waals surface area contributed by atoms with Gasteiger partial charge in [-0.2, -0.15) is 0 Å². The molecule has 1 atom stereocenters. The minimum absolute atomic E-state index is 0.197. The second-order valence-corrected chi connectivity index (χ2v) is 4.18. The number of aliphatic hydroxyl groups is 1. The van der Waals surface area contributed by atoms with Crippen LogP contribution in [-0.4, -0.2) is 18.8 Å². The monoisotopic (exact) mass is 223 g/mol. The minimum atomic E-state index is -0.996. The zero-order valence-corrected chi connectivity index (χ0v) is 10.5. The topological polar surface area (TPSA) is 55.5 Å². The van der Waals surface area contributed by atoms with Gasteiger partial charge >= 0.3 is 0 Å². The van der Waals surface area contributed by atoms with Gasteiger partial charge in [-0.15, -0.1) is 0 Å². The Balaban J connectivity index is 3.39. The maximum atomic E-state index is 10.4. The number of ether oxygens (including phenoxy) is 1. The van der Waals surface area contributed by atoms with E-state index in [-0.39, 0.29) is 6.54 Å². The van der Waals surface area contributed by atoms with Gasteiger partial charge in [-0.3, -0.25) is 0 Å². The molecule has 0 radical (unpaired) electrons. The average molecular weight is 223 g/mol. The van der Waals surface area contributed by atoms with Crippen molar-refractivity contribution in [1.29, 1.82) is 0 Å². The minimum Gasteiger partial charge on any atom is -0.496 e. The highest BCUT2D eigenvalue weighted by atomic mass is 16.5. The molecule has 3 nitrogen and oxygen atoms in total. The van der Waals surface area contributed by atoms with Gasteiger partial charge in [-0.1, -0.05) is 19.1 Å². The van der Waals surface area contributed by atoms with Crippen molar-refractivity contribution in [3.63, 3.8) is 0 Å². The predicted octanol–water partition coefficient (Wildman–Crippen LogP) is 1.87. The van der Waals surface area contributed by atoms with Crippen LogP contribution in [0.25, 0.3) is 0 Å². The van der Waals surface area contributed by atoms with E-state index in [1.807, 2.05) is 32.9 Å². The zero-order valence-electron chi connectivity index (χ0n) is 10.5. The number of hydrogen-bond donors (Lipinski definition) is 2. The first-order valence-corrected chi connectivity index (χ1v) is 5.57. The third-order valence-corrected chi connectivity index (χ3v) is 3.30. The SMILES string of the molecule is CCC(O)(CN)c1ccc(C)c(C)c1OC. The Labute approximate surface area is 97.2 Å². The highest BCUT2D eigenvalue weighted by molar-refractivity contribution is 5.48. The molecule has 0 spiro atoms. The van der Waals surface area contributed by atoms with E-state index in [0.717, 1.165) is 22.4 Å². The fraction of sp³-hybridized carbons (Fsp3) is 0.538. The number of nitrogens with two attached hydrogens (primary N) is 1. The molecule has 0 aliphatic rings. The fourth-order valence-corrected chi connectivity index (χ4v) is 1.86. The third kappa shape index (κ3) is 2.06. The van der Waals surface area contributed by atoms with Crippen molar-refractivity contribution in [3.8, 4) is 5.75 Å². The number of hydrogen-bond acceptors (Lipinski definition) is 3. The first-order valence-electron chi connectivity index (χ1n) is 5.57. The zero-order chi connectivity index (χ0) is 12.3. The lowest BCUT2D eigenvalue weighted by atomic mass is 9.88. The smallest absolute Gasteiger partial charge is 0.128 e. The van der Waals surface area contributed by atoms with Crippen LogP contribution < -0.4 is 10.5 Å². The molecule has 3 N–H and O–H groups in total. The first kappa shape index (κ1) is 13.0. The summed E-state index contributed by atoms with van der Waals surface area (Å²) in [6.45, 7) is 6.13. The van der Waals surface area contributed by atoms with Gasteiger partial charge in [0.1, 0.15) is 11.4 Å². The van der Waals surface area contributed by atoms with Crippen molar-refractivity contribution in [2.45, 2.75) is 32.8 Å². The largest absolute Gasteiger partial charge is 0.496 e. The molecule has 1 aromatic rings. The summed E-state index contributed by atoms with van der Waals surface area (Å²) in [4.78, 5) is 0. The maximum absolute atomic E-state index is 10.4. The second kappa shape index (κ2) is 4.85. The van der Waals surface area contributed by atoms with Crippen molar-refractivity contribution in [2.75, 3.05) is 13.7 Å².